The number of nitrogens with zero attached hydrogens (tertiary/aromatic N) is 1. The summed E-state index contributed by atoms with van der Waals surface area (Å²) >= 11 is 11.2. The van der Waals surface area contributed by atoms with Crippen LogP contribution in [0.2, 0.25) is 5.02 Å². The lowest BCUT2D eigenvalue weighted by atomic mass is 9.63. The van der Waals surface area contributed by atoms with Crippen molar-refractivity contribution >= 4 is 40.4 Å². The van der Waals surface area contributed by atoms with E-state index in [4.69, 9.17) is 23.8 Å². The third-order valence-corrected chi connectivity index (χ3v) is 5.06. The number of Topliss-reactive ketones (excluding diaryl/α,β-unsaturated/α-hetero) is 1. The fourth-order valence-electron chi connectivity index (χ4n) is 3.50. The molecule has 2 unspecified atom stereocenters. The van der Waals surface area contributed by atoms with Crippen molar-refractivity contribution < 1.29 is 4.79 Å². The molecular weight excluding hydrogens is 304 g/mol. The molecule has 3 nitrogen and oxygen atoms in total. The lowest BCUT2D eigenvalue weighted by Gasteiger charge is -2.45. The Morgan fingerprint density at radius 1 is 1.33 bits per heavy atom. The summed E-state index contributed by atoms with van der Waals surface area (Å²) in [6.07, 6.45) is 3.44. The number of carbonyl (C=O) groups excluding carboxylic acids is 1. The summed E-state index contributed by atoms with van der Waals surface area (Å²) in [5.74, 6) is 0.268. The number of benzene rings is 1. The molecule has 2 aliphatic rings. The lowest BCUT2D eigenvalue weighted by Crippen LogP contribution is -2.54. The Kier molecular flexibility index (Phi) is 3.84. The molecule has 1 heterocycles. The number of carbonyl (C=O) groups is 1. The smallest absolute Gasteiger partial charge is 0.193 e. The summed E-state index contributed by atoms with van der Waals surface area (Å²) in [4.78, 5) is 17.1. The third kappa shape index (κ3) is 2.40. The average molecular weight is 321 g/mol. The first-order valence-corrected chi connectivity index (χ1v) is 7.98. The largest absolute Gasteiger partial charge is 0.353 e. The van der Waals surface area contributed by atoms with E-state index in [2.05, 4.69) is 10.3 Å². The summed E-state index contributed by atoms with van der Waals surface area (Å²) in [6, 6.07) is 7.48. The first kappa shape index (κ1) is 14.7. The monoisotopic (exact) mass is 320 g/mol. The number of halogens is 1. The van der Waals surface area contributed by atoms with E-state index < -0.39 is 5.41 Å². The number of thiocarbonyl (C=S) groups is 1. The maximum Gasteiger partial charge on any atom is 0.193 e. The van der Waals surface area contributed by atoms with Crippen LogP contribution in [-0.4, -0.2) is 16.6 Å². The molecule has 1 spiro atoms. The van der Waals surface area contributed by atoms with Gasteiger partial charge >= 0.3 is 0 Å². The van der Waals surface area contributed by atoms with Crippen LogP contribution in [-0.2, 0) is 4.79 Å². The molecule has 1 N–H and O–H groups in total. The molecule has 1 aliphatic heterocycles. The number of nitrogens with one attached hydrogen (secondary N) is 1. The van der Waals surface area contributed by atoms with Gasteiger partial charge in [-0.05, 0) is 49.7 Å². The van der Waals surface area contributed by atoms with Crippen molar-refractivity contribution in [2.45, 2.75) is 38.6 Å². The van der Waals surface area contributed by atoms with Gasteiger partial charge in [-0.25, -0.2) is 4.99 Å². The predicted octanol–water partition coefficient (Wildman–Crippen LogP) is 3.86. The van der Waals surface area contributed by atoms with E-state index in [1.807, 2.05) is 31.2 Å². The van der Waals surface area contributed by atoms with Crippen molar-refractivity contribution in [2.24, 2.45) is 10.4 Å². The molecular formula is C16H17ClN2OS. The van der Waals surface area contributed by atoms with E-state index in [0.717, 1.165) is 30.5 Å². The van der Waals surface area contributed by atoms with E-state index in [1.165, 1.54) is 0 Å². The van der Waals surface area contributed by atoms with Crippen LogP contribution in [0.5, 0.6) is 0 Å². The van der Waals surface area contributed by atoms with Crippen molar-refractivity contribution in [3.05, 3.63) is 34.9 Å². The molecule has 2 atom stereocenters. The van der Waals surface area contributed by atoms with E-state index >= 15 is 0 Å². The molecule has 0 saturated heterocycles. The van der Waals surface area contributed by atoms with Crippen LogP contribution in [0.3, 0.4) is 0 Å². The number of rotatable bonds is 1. The molecule has 110 valence electrons. The Balaban J connectivity index is 2.11. The summed E-state index contributed by atoms with van der Waals surface area (Å²) in [5.41, 5.74) is 1.32. The first-order valence-electron chi connectivity index (χ1n) is 7.19. The molecule has 5 heteroatoms. The fourth-order valence-corrected chi connectivity index (χ4v) is 3.88. The molecule has 21 heavy (non-hydrogen) atoms. The van der Waals surface area contributed by atoms with Gasteiger partial charge < -0.3 is 5.32 Å². The first-order chi connectivity index (χ1) is 10.0. The SMILES string of the molecule is CC1=NC(=S)NC(c2ccc(Cl)cc2)C12CCCCC2=O. The fraction of sp³-hybridized carbons (Fsp3) is 0.438. The standard InChI is InChI=1S/C16H17ClN2OS/c1-10-16(9-3-2-4-13(16)20)14(19-15(21)18-10)11-5-7-12(17)8-6-11/h5-8,14H,2-4,9H2,1H3,(H,19,21). The van der Waals surface area contributed by atoms with Crippen molar-refractivity contribution in [1.29, 1.82) is 0 Å². The van der Waals surface area contributed by atoms with Crippen LogP contribution < -0.4 is 5.32 Å². The molecule has 0 bridgehead atoms. The van der Waals surface area contributed by atoms with Gasteiger partial charge in [-0.2, -0.15) is 0 Å². The summed E-state index contributed by atoms with van der Waals surface area (Å²) in [5, 5.41) is 4.40. The molecule has 1 aliphatic carbocycles. The molecule has 0 aromatic heterocycles. The van der Waals surface area contributed by atoms with Crippen molar-refractivity contribution in [3.8, 4) is 0 Å². The number of hydrogen-bond donors (Lipinski definition) is 1. The molecule has 1 saturated carbocycles. The molecule has 0 amide bonds. The second kappa shape index (κ2) is 5.50. The van der Waals surface area contributed by atoms with E-state index in [0.29, 0.717) is 16.6 Å². The zero-order valence-corrected chi connectivity index (χ0v) is 13.4. The average Bonchev–Trinajstić information content (AvgIpc) is 2.46. The highest BCUT2D eigenvalue weighted by Crippen LogP contribution is 2.46. The topological polar surface area (TPSA) is 41.5 Å². The van der Waals surface area contributed by atoms with Gasteiger partial charge in [0.1, 0.15) is 5.78 Å². The van der Waals surface area contributed by atoms with Crippen LogP contribution in [0.1, 0.15) is 44.2 Å². The summed E-state index contributed by atoms with van der Waals surface area (Å²) in [6.45, 7) is 1.93. The van der Waals surface area contributed by atoms with Crippen molar-refractivity contribution in [3.63, 3.8) is 0 Å². The van der Waals surface area contributed by atoms with E-state index in [9.17, 15) is 4.79 Å². The lowest BCUT2D eigenvalue weighted by molar-refractivity contribution is -0.128. The van der Waals surface area contributed by atoms with E-state index in [-0.39, 0.29) is 11.8 Å². The van der Waals surface area contributed by atoms with Gasteiger partial charge in [-0.15, -0.1) is 0 Å². The van der Waals surface area contributed by atoms with Gasteiger partial charge in [0.05, 0.1) is 11.5 Å². The van der Waals surface area contributed by atoms with Crippen molar-refractivity contribution in [2.75, 3.05) is 0 Å². The summed E-state index contributed by atoms with van der Waals surface area (Å²) in [7, 11) is 0. The molecule has 3 rings (SSSR count). The minimum absolute atomic E-state index is 0.146. The Hall–Kier alpha value is -1.26. The zero-order chi connectivity index (χ0) is 15.0. The van der Waals surface area contributed by atoms with Crippen LogP contribution >= 0.6 is 23.8 Å². The maximum absolute atomic E-state index is 12.7. The highest BCUT2D eigenvalue weighted by molar-refractivity contribution is 7.80. The van der Waals surface area contributed by atoms with Crippen molar-refractivity contribution in [1.82, 2.24) is 5.32 Å². The van der Waals surface area contributed by atoms with Gasteiger partial charge in [0.2, 0.25) is 0 Å². The Morgan fingerprint density at radius 2 is 2.05 bits per heavy atom. The number of hydrogen-bond acceptors (Lipinski definition) is 2. The minimum Gasteiger partial charge on any atom is -0.353 e. The highest BCUT2D eigenvalue weighted by atomic mass is 35.5. The van der Waals surface area contributed by atoms with Gasteiger partial charge in [0.15, 0.2) is 5.11 Å². The van der Waals surface area contributed by atoms with Gasteiger partial charge in [0.25, 0.3) is 0 Å². The molecule has 1 aromatic rings. The van der Waals surface area contributed by atoms with E-state index in [1.54, 1.807) is 0 Å². The third-order valence-electron chi connectivity index (χ3n) is 4.60. The maximum atomic E-state index is 12.7. The Labute approximate surface area is 134 Å². The van der Waals surface area contributed by atoms with Gasteiger partial charge in [0, 0.05) is 17.2 Å². The zero-order valence-electron chi connectivity index (χ0n) is 11.9. The Bertz CT molecular complexity index is 626. The number of ketones is 1. The summed E-state index contributed by atoms with van der Waals surface area (Å²) < 4.78 is 0. The van der Waals surface area contributed by atoms with Gasteiger partial charge in [-0.1, -0.05) is 30.2 Å². The van der Waals surface area contributed by atoms with Crippen LogP contribution in [0.25, 0.3) is 0 Å². The van der Waals surface area contributed by atoms with Gasteiger partial charge in [-0.3, -0.25) is 4.79 Å². The second-order valence-electron chi connectivity index (χ2n) is 5.73. The molecule has 1 fully saturated rings. The predicted molar refractivity (Wildman–Crippen MR) is 88.9 cm³/mol. The van der Waals surface area contributed by atoms with Crippen LogP contribution in [0, 0.1) is 5.41 Å². The normalized spacial score (nSPS) is 29.2. The number of aliphatic imine (C=N–C) groups is 1. The Morgan fingerprint density at radius 3 is 2.71 bits per heavy atom. The van der Waals surface area contributed by atoms with Crippen LogP contribution in [0.4, 0.5) is 0 Å². The molecule has 1 aromatic carbocycles. The second-order valence-corrected chi connectivity index (χ2v) is 6.56. The highest BCUT2D eigenvalue weighted by Gasteiger charge is 2.51. The molecule has 0 radical (unpaired) electrons. The quantitative estimate of drug-likeness (QED) is 0.799. The minimum atomic E-state index is -0.561. The van der Waals surface area contributed by atoms with Crippen LogP contribution in [0.15, 0.2) is 29.3 Å².